The van der Waals surface area contributed by atoms with Crippen LogP contribution in [0.1, 0.15) is 6.92 Å². The second-order valence-electron chi connectivity index (χ2n) is 6.13. The molecule has 0 saturated heterocycles. The van der Waals surface area contributed by atoms with E-state index in [4.69, 9.17) is 4.74 Å². The molecule has 0 saturated carbocycles. The summed E-state index contributed by atoms with van der Waals surface area (Å²) in [5, 5.41) is 16.2. The van der Waals surface area contributed by atoms with Gasteiger partial charge in [-0.1, -0.05) is 6.07 Å². The number of nitrogens with one attached hydrogen (secondary N) is 1. The van der Waals surface area contributed by atoms with Crippen LogP contribution in [0.3, 0.4) is 0 Å². The summed E-state index contributed by atoms with van der Waals surface area (Å²) in [6, 6.07) is 9.72. The predicted molar refractivity (Wildman–Crippen MR) is 104 cm³/mol. The number of anilines is 1. The number of fused-ring (bicyclic) bond motifs is 1. The molecule has 0 bridgehead atoms. The number of aryl methyl sites for hydroxylation is 1. The topological polar surface area (TPSA) is 99.8 Å². The highest BCUT2D eigenvalue weighted by Crippen LogP contribution is 2.25. The summed E-state index contributed by atoms with van der Waals surface area (Å²) in [5.74, 6) is 0.789. The molecule has 0 atom stereocenters. The van der Waals surface area contributed by atoms with Gasteiger partial charge in [0.2, 0.25) is 11.8 Å². The first-order valence-electron chi connectivity index (χ1n) is 8.82. The van der Waals surface area contributed by atoms with Crippen molar-refractivity contribution in [2.75, 3.05) is 12.4 Å². The van der Waals surface area contributed by atoms with Gasteiger partial charge in [0.05, 0.1) is 31.6 Å². The number of hydrogen-bond donors (Lipinski definition) is 1. The number of carbonyl (C=O) groups is 1. The second-order valence-corrected chi connectivity index (χ2v) is 6.13. The van der Waals surface area contributed by atoms with Crippen LogP contribution in [0.25, 0.3) is 22.0 Å². The highest BCUT2D eigenvalue weighted by Gasteiger charge is 2.11. The van der Waals surface area contributed by atoms with E-state index in [-0.39, 0.29) is 12.5 Å². The van der Waals surface area contributed by atoms with Crippen molar-refractivity contribution in [3.8, 4) is 17.0 Å². The molecule has 3 aromatic heterocycles. The maximum absolute atomic E-state index is 12.3. The Morgan fingerprint density at radius 3 is 2.68 bits per heavy atom. The van der Waals surface area contributed by atoms with Crippen LogP contribution in [0.2, 0.25) is 0 Å². The SMILES string of the molecule is CCn1ncc(NC(=O)Cn2ncc3cc(-c4ccc(OC)nc4)ccc32)n1. The number of methoxy groups -OCH3 is 1. The van der Waals surface area contributed by atoms with Crippen LogP contribution >= 0.6 is 0 Å². The van der Waals surface area contributed by atoms with Crippen molar-refractivity contribution in [1.82, 2.24) is 29.8 Å². The van der Waals surface area contributed by atoms with E-state index >= 15 is 0 Å². The van der Waals surface area contributed by atoms with E-state index in [9.17, 15) is 4.79 Å². The third-order valence-electron chi connectivity index (χ3n) is 4.30. The summed E-state index contributed by atoms with van der Waals surface area (Å²) in [6.07, 6.45) is 5.04. The van der Waals surface area contributed by atoms with Crippen molar-refractivity contribution in [3.63, 3.8) is 0 Å². The first-order valence-corrected chi connectivity index (χ1v) is 8.82. The van der Waals surface area contributed by atoms with Gasteiger partial charge in [0.25, 0.3) is 0 Å². The number of pyridine rings is 1. The molecule has 9 nitrogen and oxygen atoms in total. The molecule has 4 rings (SSSR count). The zero-order valence-corrected chi connectivity index (χ0v) is 15.5. The van der Waals surface area contributed by atoms with Gasteiger partial charge in [0.15, 0.2) is 5.82 Å². The molecule has 0 spiro atoms. The van der Waals surface area contributed by atoms with Crippen molar-refractivity contribution >= 4 is 22.6 Å². The summed E-state index contributed by atoms with van der Waals surface area (Å²) >= 11 is 0. The molecule has 4 aromatic rings. The standard InChI is InChI=1S/C19H19N7O2/c1-3-26-22-11-17(24-26)23-18(27)12-25-16-6-4-13(8-15(16)10-21-25)14-5-7-19(28-2)20-9-14/h4-11H,3,12H2,1-2H3,(H,23,24,27). The molecule has 0 unspecified atom stereocenters. The molecule has 1 amide bonds. The summed E-state index contributed by atoms with van der Waals surface area (Å²) in [7, 11) is 1.59. The van der Waals surface area contributed by atoms with Crippen molar-refractivity contribution < 1.29 is 9.53 Å². The minimum atomic E-state index is -0.211. The van der Waals surface area contributed by atoms with Crippen LogP contribution in [0.5, 0.6) is 5.88 Å². The molecule has 0 aliphatic heterocycles. The van der Waals surface area contributed by atoms with Gasteiger partial charge in [0, 0.05) is 23.2 Å². The van der Waals surface area contributed by atoms with E-state index in [0.29, 0.717) is 18.2 Å². The highest BCUT2D eigenvalue weighted by atomic mass is 16.5. The fourth-order valence-corrected chi connectivity index (χ4v) is 2.89. The van der Waals surface area contributed by atoms with Gasteiger partial charge in [-0.25, -0.2) is 4.98 Å². The molecule has 1 N–H and O–H groups in total. The summed E-state index contributed by atoms with van der Waals surface area (Å²) in [6.45, 7) is 2.66. The highest BCUT2D eigenvalue weighted by molar-refractivity contribution is 5.91. The lowest BCUT2D eigenvalue weighted by Gasteiger charge is -2.06. The Hall–Kier alpha value is -3.75. The minimum Gasteiger partial charge on any atom is -0.481 e. The van der Waals surface area contributed by atoms with Crippen molar-refractivity contribution in [3.05, 3.63) is 48.9 Å². The Kier molecular flexibility index (Phi) is 4.71. The molecule has 9 heteroatoms. The average Bonchev–Trinajstić information content (AvgIpc) is 3.34. The molecular weight excluding hydrogens is 358 g/mol. The van der Waals surface area contributed by atoms with E-state index in [2.05, 4.69) is 25.6 Å². The third kappa shape index (κ3) is 3.54. The Morgan fingerprint density at radius 1 is 1.11 bits per heavy atom. The van der Waals surface area contributed by atoms with Crippen LogP contribution in [-0.2, 0) is 17.9 Å². The van der Waals surface area contributed by atoms with Crippen molar-refractivity contribution in [2.24, 2.45) is 0 Å². The van der Waals surface area contributed by atoms with Crippen LogP contribution < -0.4 is 10.1 Å². The van der Waals surface area contributed by atoms with Gasteiger partial charge >= 0.3 is 0 Å². The lowest BCUT2D eigenvalue weighted by molar-refractivity contribution is -0.116. The number of nitrogens with zero attached hydrogens (tertiary/aromatic N) is 6. The fourth-order valence-electron chi connectivity index (χ4n) is 2.89. The number of hydrogen-bond acceptors (Lipinski definition) is 6. The Balaban J connectivity index is 1.51. The number of ether oxygens (including phenoxy) is 1. The molecular formula is C19H19N7O2. The molecule has 0 radical (unpaired) electrons. The monoisotopic (exact) mass is 377 g/mol. The Labute approximate surface area is 160 Å². The average molecular weight is 377 g/mol. The van der Waals surface area contributed by atoms with Gasteiger partial charge < -0.3 is 10.1 Å². The fraction of sp³-hybridized carbons (Fsp3) is 0.211. The maximum atomic E-state index is 12.3. The van der Waals surface area contributed by atoms with Crippen LogP contribution in [0.4, 0.5) is 5.82 Å². The predicted octanol–water partition coefficient (Wildman–Crippen LogP) is 2.36. The third-order valence-corrected chi connectivity index (χ3v) is 4.30. The maximum Gasteiger partial charge on any atom is 0.247 e. The van der Waals surface area contributed by atoms with Gasteiger partial charge in [-0.15, -0.1) is 5.10 Å². The second kappa shape index (κ2) is 7.47. The van der Waals surface area contributed by atoms with Crippen LogP contribution in [0, 0.1) is 0 Å². The smallest absolute Gasteiger partial charge is 0.247 e. The van der Waals surface area contributed by atoms with Gasteiger partial charge in [-0.3, -0.25) is 9.48 Å². The van der Waals surface area contributed by atoms with E-state index in [1.807, 2.05) is 37.3 Å². The quantitative estimate of drug-likeness (QED) is 0.554. The largest absolute Gasteiger partial charge is 0.481 e. The molecule has 0 aliphatic rings. The molecule has 0 fully saturated rings. The number of amides is 1. The molecule has 28 heavy (non-hydrogen) atoms. The van der Waals surface area contributed by atoms with E-state index < -0.39 is 0 Å². The number of carbonyl (C=O) groups excluding carboxylic acids is 1. The van der Waals surface area contributed by atoms with Gasteiger partial charge in [-0.2, -0.15) is 15.0 Å². The summed E-state index contributed by atoms with van der Waals surface area (Å²) in [5.41, 5.74) is 2.87. The van der Waals surface area contributed by atoms with E-state index in [0.717, 1.165) is 22.0 Å². The molecule has 142 valence electrons. The van der Waals surface area contributed by atoms with Crippen LogP contribution in [-0.4, -0.2) is 42.8 Å². The van der Waals surface area contributed by atoms with E-state index in [1.165, 1.54) is 11.0 Å². The molecule has 3 heterocycles. The lowest BCUT2D eigenvalue weighted by atomic mass is 10.1. The van der Waals surface area contributed by atoms with Crippen molar-refractivity contribution in [1.29, 1.82) is 0 Å². The lowest BCUT2D eigenvalue weighted by Crippen LogP contribution is -2.19. The molecule has 1 aromatic carbocycles. The van der Waals surface area contributed by atoms with Gasteiger partial charge in [-0.05, 0) is 30.7 Å². The van der Waals surface area contributed by atoms with Crippen molar-refractivity contribution in [2.45, 2.75) is 20.0 Å². The van der Waals surface area contributed by atoms with E-state index in [1.54, 1.807) is 24.2 Å². The number of aromatic nitrogens is 6. The summed E-state index contributed by atoms with van der Waals surface area (Å²) in [4.78, 5) is 18.0. The van der Waals surface area contributed by atoms with Gasteiger partial charge in [0.1, 0.15) is 6.54 Å². The number of benzene rings is 1. The zero-order valence-electron chi connectivity index (χ0n) is 15.5. The Bertz CT molecular complexity index is 1110. The number of rotatable bonds is 6. The van der Waals surface area contributed by atoms with Crippen LogP contribution in [0.15, 0.2) is 48.9 Å². The normalized spacial score (nSPS) is 10.9. The zero-order chi connectivity index (χ0) is 19.5. The molecule has 0 aliphatic carbocycles. The first kappa shape index (κ1) is 17.7. The summed E-state index contributed by atoms with van der Waals surface area (Å²) < 4.78 is 6.75. The Morgan fingerprint density at radius 2 is 1.96 bits per heavy atom. The first-order chi connectivity index (χ1) is 13.7. The minimum absolute atomic E-state index is 0.0892.